The van der Waals surface area contributed by atoms with Gasteiger partial charge in [-0.25, -0.2) is 4.79 Å². The van der Waals surface area contributed by atoms with Crippen LogP contribution in [0.4, 0.5) is 10.5 Å². The predicted molar refractivity (Wildman–Crippen MR) is 135 cm³/mol. The van der Waals surface area contributed by atoms with E-state index in [4.69, 9.17) is 21.1 Å². The number of hydrogen-bond donors (Lipinski definition) is 1. The molecule has 4 amide bonds. The van der Waals surface area contributed by atoms with Crippen LogP contribution in [-0.2, 0) is 22.4 Å². The van der Waals surface area contributed by atoms with Crippen molar-refractivity contribution in [3.63, 3.8) is 0 Å². The second-order valence-corrected chi connectivity index (χ2v) is 9.92. The van der Waals surface area contributed by atoms with E-state index in [-0.39, 0.29) is 13.0 Å². The Balaban J connectivity index is 1.50. The van der Waals surface area contributed by atoms with Crippen molar-refractivity contribution in [2.75, 3.05) is 52.3 Å². The first-order valence-electron chi connectivity index (χ1n) is 11.9. The quantitative estimate of drug-likeness (QED) is 0.615. The van der Waals surface area contributed by atoms with Crippen molar-refractivity contribution in [3.05, 3.63) is 52.5 Å². The molecule has 0 saturated carbocycles. The summed E-state index contributed by atoms with van der Waals surface area (Å²) in [4.78, 5) is 46.0. The molecule has 0 radical (unpaired) electrons. The van der Waals surface area contributed by atoms with Crippen LogP contribution in [-0.4, -0.2) is 81.1 Å². The van der Waals surface area contributed by atoms with E-state index in [1.54, 1.807) is 26.4 Å². The predicted octanol–water partition coefficient (Wildman–Crippen LogP) is 2.34. The van der Waals surface area contributed by atoms with Crippen molar-refractivity contribution in [2.45, 2.75) is 18.9 Å². The molecule has 3 aliphatic rings. The lowest BCUT2D eigenvalue weighted by Gasteiger charge is -2.55. The Kier molecular flexibility index (Phi) is 6.30. The number of amides is 4. The van der Waals surface area contributed by atoms with Crippen LogP contribution >= 0.6 is 11.6 Å². The van der Waals surface area contributed by atoms with E-state index in [1.807, 2.05) is 31.3 Å². The standard InChI is InChI=1S/C26H29ClN4O5/c1-29-11-12-30-19-6-4-5-18(27)17(19)14-26(22(30)15-29)23(32)28-25(34)31(24(26)33)10-9-16-7-8-20(35-2)21(13-16)36-3/h4-8,13,22H,9-12,14-15H2,1-3H3,(H,28,32,34)/t22-,26-/m0/s1. The van der Waals surface area contributed by atoms with Crippen LogP contribution in [0.2, 0.25) is 5.02 Å². The average molecular weight is 513 g/mol. The van der Waals surface area contributed by atoms with Gasteiger partial charge in [0.05, 0.1) is 20.3 Å². The van der Waals surface area contributed by atoms with E-state index in [0.29, 0.717) is 36.0 Å². The highest BCUT2D eigenvalue weighted by Crippen LogP contribution is 2.47. The number of carbonyl (C=O) groups is 3. The van der Waals surface area contributed by atoms with Crippen molar-refractivity contribution in [3.8, 4) is 11.5 Å². The number of likely N-dealkylation sites (N-methyl/N-ethyl adjacent to an activating group) is 1. The van der Waals surface area contributed by atoms with Crippen LogP contribution < -0.4 is 19.7 Å². The first-order chi connectivity index (χ1) is 17.3. The Morgan fingerprint density at radius 1 is 1.08 bits per heavy atom. The van der Waals surface area contributed by atoms with Gasteiger partial charge in [-0.1, -0.05) is 23.7 Å². The van der Waals surface area contributed by atoms with Gasteiger partial charge >= 0.3 is 6.03 Å². The van der Waals surface area contributed by atoms with Crippen molar-refractivity contribution in [1.82, 2.24) is 15.1 Å². The Labute approximate surface area is 214 Å². The van der Waals surface area contributed by atoms with Gasteiger partial charge in [-0.3, -0.25) is 19.8 Å². The maximum Gasteiger partial charge on any atom is 0.330 e. The third-order valence-corrected chi connectivity index (χ3v) is 7.94. The Morgan fingerprint density at radius 3 is 2.61 bits per heavy atom. The van der Waals surface area contributed by atoms with Crippen LogP contribution in [0.25, 0.3) is 0 Å². The molecular formula is C26H29ClN4O5. The van der Waals surface area contributed by atoms with Gasteiger partial charge in [0.2, 0.25) is 11.8 Å². The fourth-order valence-electron chi connectivity index (χ4n) is 5.65. The van der Waals surface area contributed by atoms with Gasteiger partial charge in [-0.15, -0.1) is 0 Å². The summed E-state index contributed by atoms with van der Waals surface area (Å²) in [5.74, 6) is 0.121. The van der Waals surface area contributed by atoms with Crippen molar-refractivity contribution in [1.29, 1.82) is 0 Å². The van der Waals surface area contributed by atoms with Gasteiger partial charge < -0.3 is 19.3 Å². The van der Waals surface area contributed by atoms with Gasteiger partial charge in [-0.05, 0) is 48.9 Å². The third kappa shape index (κ3) is 3.77. The fourth-order valence-corrected chi connectivity index (χ4v) is 5.89. The Morgan fingerprint density at radius 2 is 1.86 bits per heavy atom. The summed E-state index contributed by atoms with van der Waals surface area (Å²) in [7, 11) is 5.09. The van der Waals surface area contributed by atoms with E-state index in [9.17, 15) is 14.4 Å². The van der Waals surface area contributed by atoms with Crippen LogP contribution in [0.15, 0.2) is 36.4 Å². The molecule has 0 aliphatic carbocycles. The normalized spacial score (nSPS) is 23.9. The second-order valence-electron chi connectivity index (χ2n) is 9.51. The number of rotatable bonds is 5. The molecule has 0 unspecified atom stereocenters. The number of piperazine rings is 1. The van der Waals surface area contributed by atoms with E-state index < -0.39 is 29.3 Å². The minimum absolute atomic E-state index is 0.118. The summed E-state index contributed by atoms with van der Waals surface area (Å²) in [5, 5.41) is 3.00. The molecule has 10 heteroatoms. The molecule has 5 rings (SSSR count). The topological polar surface area (TPSA) is 91.4 Å². The number of anilines is 1. The van der Waals surface area contributed by atoms with E-state index in [0.717, 1.165) is 23.4 Å². The van der Waals surface area contributed by atoms with E-state index in [1.165, 1.54) is 4.90 Å². The number of fused-ring (bicyclic) bond motifs is 4. The molecule has 36 heavy (non-hydrogen) atoms. The van der Waals surface area contributed by atoms with Gasteiger partial charge in [0, 0.05) is 43.3 Å². The fraction of sp³-hybridized carbons (Fsp3) is 0.423. The number of imide groups is 2. The number of ether oxygens (including phenoxy) is 2. The molecule has 1 spiro atoms. The molecule has 190 valence electrons. The summed E-state index contributed by atoms with van der Waals surface area (Å²) in [6.45, 7) is 2.07. The summed E-state index contributed by atoms with van der Waals surface area (Å²) in [6, 6.07) is 9.99. The highest BCUT2D eigenvalue weighted by molar-refractivity contribution is 6.32. The van der Waals surface area contributed by atoms with Crippen molar-refractivity contribution < 1.29 is 23.9 Å². The Bertz CT molecular complexity index is 1240. The van der Waals surface area contributed by atoms with Gasteiger partial charge in [0.1, 0.15) is 0 Å². The molecule has 2 aromatic rings. The molecular weight excluding hydrogens is 484 g/mol. The van der Waals surface area contributed by atoms with Crippen LogP contribution in [0, 0.1) is 5.41 Å². The number of barbiturate groups is 1. The minimum Gasteiger partial charge on any atom is -0.493 e. The maximum absolute atomic E-state index is 14.2. The Hall–Kier alpha value is -3.30. The first kappa shape index (κ1) is 24.4. The van der Waals surface area contributed by atoms with Gasteiger partial charge in [0.15, 0.2) is 16.9 Å². The van der Waals surface area contributed by atoms with E-state index in [2.05, 4.69) is 15.1 Å². The zero-order valence-corrected chi connectivity index (χ0v) is 21.3. The molecule has 3 heterocycles. The molecule has 1 N–H and O–H groups in total. The highest BCUT2D eigenvalue weighted by Gasteiger charge is 2.62. The number of hydrogen-bond acceptors (Lipinski definition) is 7. The summed E-state index contributed by atoms with van der Waals surface area (Å²) < 4.78 is 10.7. The molecule has 2 fully saturated rings. The van der Waals surface area contributed by atoms with Crippen LogP contribution in [0.5, 0.6) is 11.5 Å². The molecule has 2 atom stereocenters. The summed E-state index contributed by atoms with van der Waals surface area (Å²) in [6.07, 6.45) is 0.539. The largest absolute Gasteiger partial charge is 0.493 e. The highest BCUT2D eigenvalue weighted by atomic mass is 35.5. The molecule has 3 aliphatic heterocycles. The number of halogens is 1. The minimum atomic E-state index is -1.46. The third-order valence-electron chi connectivity index (χ3n) is 7.58. The zero-order chi connectivity index (χ0) is 25.6. The number of methoxy groups -OCH3 is 2. The summed E-state index contributed by atoms with van der Waals surface area (Å²) >= 11 is 6.58. The smallest absolute Gasteiger partial charge is 0.330 e. The molecule has 2 aromatic carbocycles. The number of benzene rings is 2. The maximum atomic E-state index is 14.2. The monoisotopic (exact) mass is 512 g/mol. The molecule has 0 bridgehead atoms. The number of carbonyl (C=O) groups excluding carboxylic acids is 3. The summed E-state index contributed by atoms with van der Waals surface area (Å²) in [5.41, 5.74) is 1.12. The lowest BCUT2D eigenvalue weighted by molar-refractivity contribution is -0.154. The van der Waals surface area contributed by atoms with Crippen LogP contribution in [0.3, 0.4) is 0 Å². The lowest BCUT2D eigenvalue weighted by Crippen LogP contribution is -2.75. The number of nitrogens with zero attached hydrogens (tertiary/aromatic N) is 3. The van der Waals surface area contributed by atoms with E-state index >= 15 is 0 Å². The van der Waals surface area contributed by atoms with Gasteiger partial charge in [0.25, 0.3) is 0 Å². The number of urea groups is 1. The lowest BCUT2D eigenvalue weighted by atomic mass is 9.67. The van der Waals surface area contributed by atoms with Crippen molar-refractivity contribution >= 4 is 35.1 Å². The molecule has 0 aromatic heterocycles. The van der Waals surface area contributed by atoms with Crippen LogP contribution in [0.1, 0.15) is 11.1 Å². The zero-order valence-electron chi connectivity index (χ0n) is 20.5. The average Bonchev–Trinajstić information content (AvgIpc) is 2.87. The SMILES string of the molecule is COc1ccc(CCN2C(=O)NC(=O)[C@@]3(Cc4c(Cl)cccc4N4CCN(C)C[C@H]43)C2=O)cc1OC. The second kappa shape index (κ2) is 9.29. The number of nitrogens with one attached hydrogen (secondary N) is 1. The van der Waals surface area contributed by atoms with Gasteiger partial charge in [-0.2, -0.15) is 0 Å². The van der Waals surface area contributed by atoms with Crippen molar-refractivity contribution in [2.24, 2.45) is 5.41 Å². The molecule has 9 nitrogen and oxygen atoms in total. The molecule has 2 saturated heterocycles. The first-order valence-corrected chi connectivity index (χ1v) is 12.3.